The minimum atomic E-state index is 1.27. The van der Waals surface area contributed by atoms with E-state index in [1.807, 2.05) is 27.7 Å². The summed E-state index contributed by atoms with van der Waals surface area (Å²) in [5.74, 6) is 0. The molecule has 25 bridgehead atoms. The smallest absolute Gasteiger partial charge is 0.00139 e. The van der Waals surface area contributed by atoms with Gasteiger partial charge in [-0.25, -0.2) is 0 Å². The molecule has 388 valence electrons. The highest BCUT2D eigenvalue weighted by Gasteiger charge is 2.37. The number of fused-ring (bicyclic) bond motifs is 10. The Hall–Kier alpha value is -10.4. The second-order valence-electron chi connectivity index (χ2n) is 23.1. The summed E-state index contributed by atoms with van der Waals surface area (Å²) in [7, 11) is 0. The topological polar surface area (TPSA) is 0 Å². The van der Waals surface area contributed by atoms with Crippen molar-refractivity contribution in [3.63, 3.8) is 0 Å². The summed E-state index contributed by atoms with van der Waals surface area (Å²) in [6, 6.07) is 94.5. The van der Waals surface area contributed by atoms with E-state index in [2.05, 4.69) is 243 Å². The maximum absolute atomic E-state index is 2.43. The Labute approximate surface area is 488 Å². The Morgan fingerprint density at radius 2 is 0.226 bits per heavy atom. The first kappa shape index (κ1) is 46.2. The SMILES string of the molecule is CC.CC.c1ccc2c(c1)-c1c3ccc4ccc(c-2c14)-c1ccc2ccc(c4c2c1-c1ccccc1-4)-c1ccc2ccc(c4c2c1-c1ccccc1-4)-c1ccc2ccc(c4c2c1-c1ccccc1-4)-c1ccc2ccc-3c3c2c1-c1ccccc1-3. The van der Waals surface area contributed by atoms with E-state index in [-0.39, 0.29) is 0 Å². The molecule has 0 heteroatoms. The van der Waals surface area contributed by atoms with E-state index >= 15 is 0 Å². The molecule has 0 aromatic heterocycles. The predicted octanol–water partition coefficient (Wildman–Crippen LogP) is 24.4. The van der Waals surface area contributed by atoms with Gasteiger partial charge in [0.1, 0.15) is 0 Å². The molecule has 0 aliphatic heterocycles. The van der Waals surface area contributed by atoms with Crippen molar-refractivity contribution in [1.29, 1.82) is 0 Å². The van der Waals surface area contributed by atoms with Crippen molar-refractivity contribution in [3.8, 4) is 167 Å². The van der Waals surface area contributed by atoms with Gasteiger partial charge in [-0.2, -0.15) is 0 Å². The molecule has 0 spiro atoms. The average molecular weight is 1060 g/mol. The van der Waals surface area contributed by atoms with Crippen molar-refractivity contribution in [2.24, 2.45) is 0 Å². The molecule has 0 heterocycles. The Morgan fingerprint density at radius 1 is 0.119 bits per heavy atom. The van der Waals surface area contributed by atoms with Crippen LogP contribution in [-0.4, -0.2) is 0 Å². The highest BCUT2D eigenvalue weighted by Crippen LogP contribution is 2.65. The standard InChI is InChI=1S/C80H40.2C2H6/c1-2-12-47-46(11-1)71-56-31-21-41-22-33-58(72(47)66(41)71)59-34-24-43-26-36-62(76-51-16-6-5-15-50(51)74(59)68(43)76)63-38-28-45-30-40-65(80-55-20-10-9-19-54(55)78(63)70(45)80)64-39-29-44-27-37-61(77-52-17-7-8-18-53(52)79(64)69(44)77)60-35-25-42-23-32-57(56)73-48-13-3-4-14-49(48)75(60)67(42)73;2*1-2/h1-40H;2*1-2H3. The Morgan fingerprint density at radius 3 is 0.333 bits per heavy atom. The number of rotatable bonds is 0. The molecule has 84 heavy (non-hydrogen) atoms. The lowest BCUT2D eigenvalue weighted by Gasteiger charge is -2.18. The van der Waals surface area contributed by atoms with Gasteiger partial charge >= 0.3 is 0 Å². The average Bonchev–Trinajstić information content (AvgIpc) is 2.19. The minimum Gasteiger partial charge on any atom is -0.0683 e. The summed E-state index contributed by atoms with van der Waals surface area (Å²) >= 11 is 0. The highest BCUT2D eigenvalue weighted by atomic mass is 14.4. The van der Waals surface area contributed by atoms with Gasteiger partial charge in [0.05, 0.1) is 0 Å². The van der Waals surface area contributed by atoms with Crippen molar-refractivity contribution in [3.05, 3.63) is 243 Å². The molecule has 0 saturated carbocycles. The van der Waals surface area contributed by atoms with E-state index in [0.717, 1.165) is 0 Å². The van der Waals surface area contributed by atoms with Crippen LogP contribution in [-0.2, 0) is 0 Å². The van der Waals surface area contributed by atoms with Crippen LogP contribution < -0.4 is 0 Å². The van der Waals surface area contributed by atoms with E-state index in [4.69, 9.17) is 0 Å². The molecule has 0 unspecified atom stereocenters. The van der Waals surface area contributed by atoms with Crippen LogP contribution in [0.15, 0.2) is 243 Å². The van der Waals surface area contributed by atoms with Gasteiger partial charge in [0, 0.05) is 0 Å². The molecule has 0 atom stereocenters. The molecule has 0 N–H and O–H groups in total. The summed E-state index contributed by atoms with van der Waals surface area (Å²) in [4.78, 5) is 0. The fourth-order valence-electron chi connectivity index (χ4n) is 16.7. The van der Waals surface area contributed by atoms with Crippen molar-refractivity contribution >= 4 is 53.9 Å². The van der Waals surface area contributed by atoms with E-state index in [9.17, 15) is 0 Å². The third-order valence-corrected chi connectivity index (χ3v) is 19.7. The van der Waals surface area contributed by atoms with Gasteiger partial charge in [-0.05, 0) is 221 Å². The summed E-state index contributed by atoms with van der Waals surface area (Å²) in [5, 5.41) is 13.1. The van der Waals surface area contributed by atoms with Crippen molar-refractivity contribution in [2.45, 2.75) is 27.7 Å². The van der Waals surface area contributed by atoms with Crippen LogP contribution in [0.5, 0.6) is 0 Å². The lowest BCUT2D eigenvalue weighted by atomic mass is 9.85. The minimum absolute atomic E-state index is 1.27. The molecule has 21 rings (SSSR count). The summed E-state index contributed by atoms with van der Waals surface area (Å²) in [5.41, 5.74) is 39.2. The van der Waals surface area contributed by atoms with Gasteiger partial charge < -0.3 is 0 Å². The first-order valence-corrected chi connectivity index (χ1v) is 30.2. The molecule has 6 aliphatic carbocycles. The maximum atomic E-state index is 2.43. The molecule has 15 aromatic rings. The van der Waals surface area contributed by atoms with Gasteiger partial charge in [0.25, 0.3) is 0 Å². The monoisotopic (exact) mass is 1060 g/mol. The normalized spacial score (nSPS) is 12.5. The largest absolute Gasteiger partial charge is 0.0683 e. The molecule has 15 aromatic carbocycles. The molecule has 0 nitrogen and oxygen atoms in total. The summed E-state index contributed by atoms with van der Waals surface area (Å²) in [6.07, 6.45) is 0. The van der Waals surface area contributed by atoms with E-state index < -0.39 is 0 Å². The van der Waals surface area contributed by atoms with E-state index in [1.54, 1.807) is 0 Å². The molecule has 0 saturated heterocycles. The third-order valence-electron chi connectivity index (χ3n) is 19.7. The number of hydrogen-bond donors (Lipinski definition) is 0. The van der Waals surface area contributed by atoms with Crippen molar-refractivity contribution < 1.29 is 0 Å². The third kappa shape index (κ3) is 5.51. The van der Waals surface area contributed by atoms with E-state index in [1.165, 1.54) is 221 Å². The van der Waals surface area contributed by atoms with Crippen molar-refractivity contribution in [2.75, 3.05) is 0 Å². The fourth-order valence-corrected chi connectivity index (χ4v) is 16.7. The second-order valence-corrected chi connectivity index (χ2v) is 23.1. The van der Waals surface area contributed by atoms with Crippen LogP contribution in [0.1, 0.15) is 27.7 Å². The van der Waals surface area contributed by atoms with Gasteiger partial charge in [0.15, 0.2) is 0 Å². The lowest BCUT2D eigenvalue weighted by Crippen LogP contribution is -1.91. The zero-order valence-electron chi connectivity index (χ0n) is 47.1. The van der Waals surface area contributed by atoms with Crippen molar-refractivity contribution in [1.82, 2.24) is 0 Å². The van der Waals surface area contributed by atoms with Crippen LogP contribution in [0.2, 0.25) is 0 Å². The quantitative estimate of drug-likeness (QED) is 0.142. The Balaban J connectivity index is 0.00000128. The lowest BCUT2D eigenvalue weighted by molar-refractivity contribution is 1.50. The molecule has 0 fully saturated rings. The van der Waals surface area contributed by atoms with Crippen LogP contribution in [0.25, 0.3) is 221 Å². The van der Waals surface area contributed by atoms with Gasteiger partial charge in [-0.3, -0.25) is 0 Å². The molecule has 0 amide bonds. The van der Waals surface area contributed by atoms with Crippen LogP contribution in [0.4, 0.5) is 0 Å². The Kier molecular flexibility index (Phi) is 9.15. The van der Waals surface area contributed by atoms with Crippen LogP contribution >= 0.6 is 0 Å². The summed E-state index contributed by atoms with van der Waals surface area (Å²) in [6.45, 7) is 8.00. The molecule has 0 radical (unpaired) electrons. The number of benzene rings is 15. The highest BCUT2D eigenvalue weighted by molar-refractivity contribution is 6.32. The van der Waals surface area contributed by atoms with Crippen LogP contribution in [0, 0.1) is 0 Å². The predicted molar refractivity (Wildman–Crippen MR) is 360 cm³/mol. The fraction of sp³-hybridized carbons (Fsp3) is 0.0476. The molecule has 6 aliphatic rings. The zero-order valence-corrected chi connectivity index (χ0v) is 47.1. The number of hydrogen-bond acceptors (Lipinski definition) is 0. The van der Waals surface area contributed by atoms with Gasteiger partial charge in [-0.1, -0.05) is 270 Å². The molecular weight excluding hydrogens is 1010 g/mol. The molecular formula is C84H52. The first-order chi connectivity index (χ1) is 41.7. The zero-order chi connectivity index (χ0) is 55.4. The van der Waals surface area contributed by atoms with Crippen LogP contribution in [0.3, 0.4) is 0 Å². The maximum Gasteiger partial charge on any atom is -0.00139 e. The first-order valence-electron chi connectivity index (χ1n) is 30.2. The summed E-state index contributed by atoms with van der Waals surface area (Å²) < 4.78 is 0. The Bertz CT molecular complexity index is 4460. The van der Waals surface area contributed by atoms with E-state index in [0.29, 0.717) is 0 Å². The van der Waals surface area contributed by atoms with Gasteiger partial charge in [0.2, 0.25) is 0 Å². The van der Waals surface area contributed by atoms with Gasteiger partial charge in [-0.15, -0.1) is 0 Å². The second kappa shape index (κ2) is 16.6.